The highest BCUT2D eigenvalue weighted by Crippen LogP contribution is 2.62. The molecule has 0 radical (unpaired) electrons. The van der Waals surface area contributed by atoms with Crippen LogP contribution in [-0.4, -0.2) is 82.3 Å². The average molecular weight is 717 g/mol. The van der Waals surface area contributed by atoms with E-state index in [-0.39, 0.29) is 48.1 Å². The van der Waals surface area contributed by atoms with Crippen molar-refractivity contribution in [3.63, 3.8) is 0 Å². The highest BCUT2D eigenvalue weighted by atomic mass is 32.7. The number of fused-ring (bicyclic) bond motifs is 5. The van der Waals surface area contributed by atoms with E-state index < -0.39 is 62.1 Å². The van der Waals surface area contributed by atoms with Crippen LogP contribution in [0.5, 0.6) is 0 Å². The van der Waals surface area contributed by atoms with Crippen LogP contribution in [0.2, 0.25) is 0 Å². The van der Waals surface area contributed by atoms with Gasteiger partial charge in [0, 0.05) is 23.8 Å². The lowest BCUT2D eigenvalue weighted by atomic mass is 9.99. The largest absolute Gasteiger partial charge is 0.396 e. The predicted octanol–water partition coefficient (Wildman–Crippen LogP) is 1.72. The monoisotopic (exact) mass is 716 g/mol. The molecule has 4 aromatic rings. The number of nitrogens with one attached hydrogen (secondary N) is 1. The maximum absolute atomic E-state index is 13.8. The van der Waals surface area contributed by atoms with Crippen molar-refractivity contribution in [1.29, 1.82) is 0 Å². The third-order valence-electron chi connectivity index (χ3n) is 8.67. The summed E-state index contributed by atoms with van der Waals surface area (Å²) in [5.74, 6) is -1.64. The zero-order valence-electron chi connectivity index (χ0n) is 24.0. The number of H-pyrrole nitrogens is 1. The van der Waals surface area contributed by atoms with Crippen LogP contribution in [0.4, 0.5) is 11.8 Å². The van der Waals surface area contributed by atoms with E-state index in [1.54, 1.807) is 6.33 Å². The van der Waals surface area contributed by atoms with Crippen molar-refractivity contribution in [2.24, 2.45) is 17.8 Å². The van der Waals surface area contributed by atoms with E-state index in [0.29, 0.717) is 17.6 Å². The summed E-state index contributed by atoms with van der Waals surface area (Å²) in [7, 11) is 0. The van der Waals surface area contributed by atoms with Gasteiger partial charge in [-0.05, 0) is 6.42 Å². The Labute approximate surface area is 270 Å². The SMILES string of the molecule is CC1C2OP(=O)(S)OCC3OC(n4cnc5c(=O)[nH]c(N)nc54)C(O[P@](=O)(S)OCC2CC1n1cnc2c(N)ncnc21)C3CO. The number of rotatable bonds is 3. The molecular formula is C23H30N10O9P2S2. The average Bonchev–Trinajstić information content (AvgIpc) is 3.75. The molecule has 7 rings (SSSR count). The minimum Gasteiger partial charge on any atom is -0.396 e. The van der Waals surface area contributed by atoms with Crippen LogP contribution in [0.15, 0.2) is 23.8 Å². The smallest absolute Gasteiger partial charge is 0.386 e. The fourth-order valence-electron chi connectivity index (χ4n) is 6.51. The number of nitrogens with two attached hydrogens (primary N) is 2. The van der Waals surface area contributed by atoms with Gasteiger partial charge in [0.2, 0.25) is 5.95 Å². The highest BCUT2D eigenvalue weighted by Gasteiger charge is 2.52. The molecule has 3 fully saturated rings. The number of hydrogen-bond donors (Lipinski definition) is 6. The second-order valence-electron chi connectivity index (χ2n) is 11.4. The molecule has 6 N–H and O–H groups in total. The Balaban J connectivity index is 1.22. The molecule has 6 heterocycles. The standard InChI is InChI=1S/C23H30N10O9P2S2/c1-9-12(32-7-28-14-18(24)26-6-27-19(14)32)2-10-4-38-43(36,45)42-17-11(3-34)13(5-39-44(37,46)41-16(9)10)40-22(17)33-8-29-15-20(33)30-23(25)31-21(15)35/h6-13,16-17,22,34H,2-5H2,1H3,(H,36,45)(H,37,46)(H2,24,26,27)(H3,25,30,31,35)/t9?,10?,11?,12?,13?,16?,17?,22?,43-,44?/m1/s1. The van der Waals surface area contributed by atoms with Gasteiger partial charge in [-0.2, -0.15) is 4.98 Å². The van der Waals surface area contributed by atoms with E-state index in [4.69, 9.17) is 34.3 Å². The lowest BCUT2D eigenvalue weighted by molar-refractivity contribution is -0.0476. The molecule has 3 aliphatic rings. The van der Waals surface area contributed by atoms with Crippen molar-refractivity contribution in [2.45, 2.75) is 43.9 Å². The maximum atomic E-state index is 13.8. The molecule has 1 aliphatic carbocycles. The summed E-state index contributed by atoms with van der Waals surface area (Å²) in [6, 6.07) is -0.278. The maximum Gasteiger partial charge on any atom is 0.386 e. The summed E-state index contributed by atoms with van der Waals surface area (Å²) < 4.78 is 60.4. The van der Waals surface area contributed by atoms with Crippen molar-refractivity contribution < 1.29 is 37.1 Å². The van der Waals surface area contributed by atoms with Crippen LogP contribution in [-0.2, 0) is 32.0 Å². The molecule has 46 heavy (non-hydrogen) atoms. The van der Waals surface area contributed by atoms with E-state index >= 15 is 0 Å². The fraction of sp³-hybridized carbons (Fsp3) is 0.565. The Kier molecular flexibility index (Phi) is 8.23. The van der Waals surface area contributed by atoms with Gasteiger partial charge >= 0.3 is 13.6 Å². The van der Waals surface area contributed by atoms with Gasteiger partial charge in [-0.25, -0.2) is 29.1 Å². The number of hydrogen-bond acceptors (Lipinski definition) is 16. The van der Waals surface area contributed by atoms with Gasteiger partial charge in [0.15, 0.2) is 28.9 Å². The molecule has 23 heteroatoms. The summed E-state index contributed by atoms with van der Waals surface area (Å²) >= 11 is 8.52. The van der Waals surface area contributed by atoms with E-state index in [1.807, 2.05) is 11.5 Å². The Hall–Kier alpha value is -2.58. The highest BCUT2D eigenvalue weighted by molar-refractivity contribution is 8.44. The number of nitrogen functional groups attached to an aromatic ring is 2. The summed E-state index contributed by atoms with van der Waals surface area (Å²) in [6.07, 6.45) is 0.537. The van der Waals surface area contributed by atoms with Gasteiger partial charge < -0.3 is 30.4 Å². The normalized spacial score (nSPS) is 37.1. The van der Waals surface area contributed by atoms with Gasteiger partial charge in [0.05, 0.1) is 44.7 Å². The molecule has 19 nitrogen and oxygen atoms in total. The Morgan fingerprint density at radius 3 is 2.46 bits per heavy atom. The number of nitrogens with zero attached hydrogens (tertiary/aromatic N) is 7. The van der Waals surface area contributed by atoms with Crippen molar-refractivity contribution >= 4 is 72.2 Å². The minimum atomic E-state index is -4.18. The fourth-order valence-corrected chi connectivity index (χ4v) is 9.64. The summed E-state index contributed by atoms with van der Waals surface area (Å²) in [5, 5.41) is 10.4. The quantitative estimate of drug-likeness (QED) is 0.130. The van der Waals surface area contributed by atoms with Crippen molar-refractivity contribution in [2.75, 3.05) is 31.3 Å². The number of ether oxygens (including phenoxy) is 1. The van der Waals surface area contributed by atoms with Crippen LogP contribution >= 0.6 is 38.1 Å². The van der Waals surface area contributed by atoms with Gasteiger partial charge in [0.1, 0.15) is 17.9 Å². The van der Waals surface area contributed by atoms with Crippen LogP contribution in [0.25, 0.3) is 22.3 Å². The molecule has 2 bridgehead atoms. The molecular weight excluding hydrogens is 686 g/mol. The predicted molar refractivity (Wildman–Crippen MR) is 168 cm³/mol. The van der Waals surface area contributed by atoms with Gasteiger partial charge in [-0.3, -0.25) is 27.9 Å². The molecule has 4 aromatic heterocycles. The zero-order chi connectivity index (χ0) is 32.5. The van der Waals surface area contributed by atoms with Crippen LogP contribution in [0, 0.1) is 17.8 Å². The molecule has 10 atom stereocenters. The Bertz CT molecular complexity index is 1960. The number of aromatic nitrogens is 8. The van der Waals surface area contributed by atoms with Gasteiger partial charge in [-0.1, -0.05) is 31.4 Å². The van der Waals surface area contributed by atoms with Crippen molar-refractivity contribution in [1.82, 2.24) is 39.0 Å². The summed E-state index contributed by atoms with van der Waals surface area (Å²) in [4.78, 5) is 35.7. The number of anilines is 2. The van der Waals surface area contributed by atoms with E-state index in [1.165, 1.54) is 17.2 Å². The molecule has 9 unspecified atom stereocenters. The Morgan fingerprint density at radius 1 is 1.00 bits per heavy atom. The lowest BCUT2D eigenvalue weighted by Crippen LogP contribution is -2.33. The van der Waals surface area contributed by atoms with E-state index in [9.17, 15) is 19.0 Å². The first-order chi connectivity index (χ1) is 21.9. The number of aliphatic hydroxyl groups excluding tert-OH is 1. The third-order valence-corrected chi connectivity index (χ3v) is 11.9. The van der Waals surface area contributed by atoms with Gasteiger partial charge in [0.25, 0.3) is 5.56 Å². The van der Waals surface area contributed by atoms with Crippen molar-refractivity contribution in [3.05, 3.63) is 29.3 Å². The lowest BCUT2D eigenvalue weighted by Gasteiger charge is -2.28. The summed E-state index contributed by atoms with van der Waals surface area (Å²) in [6.45, 7) is -7.42. The second kappa shape index (κ2) is 11.8. The van der Waals surface area contributed by atoms with E-state index in [0.717, 1.165) is 0 Å². The summed E-state index contributed by atoms with van der Waals surface area (Å²) in [5.41, 5.74) is 12.1. The molecule has 1 saturated carbocycles. The van der Waals surface area contributed by atoms with Crippen molar-refractivity contribution in [3.8, 4) is 0 Å². The third kappa shape index (κ3) is 5.65. The van der Waals surface area contributed by atoms with Crippen LogP contribution < -0.4 is 17.0 Å². The molecule has 0 amide bonds. The molecule has 248 valence electrons. The first-order valence-corrected chi connectivity index (χ1v) is 19.5. The van der Waals surface area contributed by atoms with Crippen LogP contribution in [0.1, 0.15) is 25.6 Å². The molecule has 0 aromatic carbocycles. The molecule has 2 saturated heterocycles. The Morgan fingerprint density at radius 2 is 1.70 bits per heavy atom. The van der Waals surface area contributed by atoms with E-state index in [2.05, 4.69) is 54.4 Å². The number of aromatic amines is 1. The topological polar surface area (TPSA) is 260 Å². The molecule has 2 aliphatic heterocycles. The number of aliphatic hydroxyl groups is 1. The minimum absolute atomic E-state index is 0.0412. The van der Waals surface area contributed by atoms with Gasteiger partial charge in [-0.15, -0.1) is 0 Å². The number of thiol groups is 2. The first kappa shape index (κ1) is 32.0. The number of imidazole rings is 2. The van der Waals surface area contributed by atoms with Crippen LogP contribution in [0.3, 0.4) is 0 Å². The molecule has 0 spiro atoms. The first-order valence-electron chi connectivity index (χ1n) is 14.1. The second-order valence-corrected chi connectivity index (χ2v) is 17.1. The zero-order valence-corrected chi connectivity index (χ0v) is 27.5.